The van der Waals surface area contributed by atoms with E-state index < -0.39 is 34.2 Å². The molecule has 0 N–H and O–H groups in total. The maximum atomic E-state index is 13.0. The van der Waals surface area contributed by atoms with Crippen molar-refractivity contribution in [3.63, 3.8) is 0 Å². The van der Waals surface area contributed by atoms with Crippen molar-refractivity contribution < 1.29 is 18.0 Å². The number of rotatable bonds is 2. The van der Waals surface area contributed by atoms with Crippen LogP contribution in [-0.4, -0.2) is 11.2 Å². The predicted molar refractivity (Wildman–Crippen MR) is 57.3 cm³/mol. The third-order valence-corrected chi connectivity index (χ3v) is 1.83. The van der Waals surface area contributed by atoms with Crippen molar-refractivity contribution >= 4 is 17.4 Å². The molecule has 0 spiro atoms. The first-order chi connectivity index (χ1) is 7.43. The summed E-state index contributed by atoms with van der Waals surface area (Å²) in [6.07, 6.45) is 0. The van der Waals surface area contributed by atoms with Crippen molar-refractivity contribution in [1.82, 2.24) is 0 Å². The number of hydrogen-bond acceptors (Lipinski definition) is 1. The zero-order valence-corrected chi connectivity index (χ0v) is 9.91. The van der Waals surface area contributed by atoms with E-state index in [9.17, 15) is 18.0 Å². The molecule has 0 saturated heterocycles. The van der Waals surface area contributed by atoms with Crippen molar-refractivity contribution in [2.45, 2.75) is 26.1 Å². The standard InChI is InChI=1S/C9H6ClF3O.C2H6/c1-4(10)9(14)5-2-7(12)8(13)3-6(5)11;1-2/h2-4H,1H3;1-2H3. The number of hydrogen-bond donors (Lipinski definition) is 0. The zero-order chi connectivity index (χ0) is 12.9. The fourth-order valence-electron chi connectivity index (χ4n) is 0.926. The Balaban J connectivity index is 0.00000106. The molecule has 0 aliphatic heterocycles. The van der Waals surface area contributed by atoms with Crippen molar-refractivity contribution in [3.8, 4) is 0 Å². The molecule has 0 aliphatic rings. The Kier molecular flexibility index (Phi) is 6.11. The molecule has 0 saturated carbocycles. The topological polar surface area (TPSA) is 17.1 Å². The molecular formula is C11H12ClF3O. The van der Waals surface area contributed by atoms with Gasteiger partial charge < -0.3 is 0 Å². The van der Waals surface area contributed by atoms with Gasteiger partial charge in [-0.25, -0.2) is 13.2 Å². The largest absolute Gasteiger partial charge is 0.292 e. The molecule has 0 amide bonds. The second-order valence-corrected chi connectivity index (χ2v) is 3.38. The number of benzene rings is 1. The maximum Gasteiger partial charge on any atom is 0.183 e. The molecule has 0 bridgehead atoms. The van der Waals surface area contributed by atoms with E-state index >= 15 is 0 Å². The molecule has 1 aromatic rings. The second-order valence-electron chi connectivity index (χ2n) is 2.73. The minimum atomic E-state index is -1.33. The molecule has 0 aliphatic carbocycles. The van der Waals surface area contributed by atoms with E-state index in [1.807, 2.05) is 13.8 Å². The number of alkyl halides is 1. The summed E-state index contributed by atoms with van der Waals surface area (Å²) in [4.78, 5) is 11.2. The normalized spacial score (nSPS) is 11.4. The van der Waals surface area contributed by atoms with Crippen LogP contribution in [0.3, 0.4) is 0 Å². The highest BCUT2D eigenvalue weighted by Gasteiger charge is 2.19. The number of Topliss-reactive ketones (excluding diaryl/α,β-unsaturated/α-hetero) is 1. The zero-order valence-electron chi connectivity index (χ0n) is 9.15. The van der Waals surface area contributed by atoms with Crippen LogP contribution < -0.4 is 0 Å². The van der Waals surface area contributed by atoms with Gasteiger partial charge in [-0.15, -0.1) is 11.6 Å². The van der Waals surface area contributed by atoms with Gasteiger partial charge in [0.25, 0.3) is 0 Å². The summed E-state index contributed by atoms with van der Waals surface area (Å²) < 4.78 is 38.1. The SMILES string of the molecule is CC.CC(Cl)C(=O)c1cc(F)c(F)cc1F. The van der Waals surface area contributed by atoms with Crippen LogP contribution >= 0.6 is 11.6 Å². The molecule has 1 rings (SSSR count). The Bertz CT molecular complexity index is 378. The van der Waals surface area contributed by atoms with Crippen LogP contribution in [0.15, 0.2) is 12.1 Å². The number of carbonyl (C=O) groups excluding carboxylic acids is 1. The van der Waals surface area contributed by atoms with Crippen molar-refractivity contribution in [2.24, 2.45) is 0 Å². The van der Waals surface area contributed by atoms with Gasteiger partial charge in [-0.1, -0.05) is 13.8 Å². The summed E-state index contributed by atoms with van der Waals surface area (Å²) in [5, 5.41) is -0.977. The van der Waals surface area contributed by atoms with E-state index in [4.69, 9.17) is 11.6 Å². The Morgan fingerprint density at radius 3 is 2.00 bits per heavy atom. The third kappa shape index (κ3) is 3.52. The third-order valence-electron chi connectivity index (χ3n) is 1.64. The Labute approximate surface area is 97.2 Å². The van der Waals surface area contributed by atoms with Gasteiger partial charge in [-0.2, -0.15) is 0 Å². The highest BCUT2D eigenvalue weighted by Crippen LogP contribution is 2.16. The molecule has 0 fully saturated rings. The maximum absolute atomic E-state index is 13.0. The van der Waals surface area contributed by atoms with Crippen molar-refractivity contribution in [3.05, 3.63) is 35.1 Å². The summed E-state index contributed by atoms with van der Waals surface area (Å²) in [5.41, 5.74) is -0.536. The molecule has 0 aromatic heterocycles. The minimum Gasteiger partial charge on any atom is -0.292 e. The highest BCUT2D eigenvalue weighted by atomic mass is 35.5. The summed E-state index contributed by atoms with van der Waals surface area (Å²) in [7, 11) is 0. The molecule has 0 radical (unpaired) electrons. The van der Waals surface area contributed by atoms with E-state index in [0.717, 1.165) is 0 Å². The average molecular weight is 253 g/mol. The van der Waals surface area contributed by atoms with E-state index in [-0.39, 0.29) is 0 Å². The summed E-state index contributed by atoms with van der Waals surface area (Å²) in [5.74, 6) is -4.49. The van der Waals surface area contributed by atoms with Crippen LogP contribution in [0.2, 0.25) is 0 Å². The molecule has 16 heavy (non-hydrogen) atoms. The van der Waals surface area contributed by atoms with Crippen LogP contribution in [0.4, 0.5) is 13.2 Å². The molecule has 1 atom stereocenters. The molecule has 90 valence electrons. The molecular weight excluding hydrogens is 241 g/mol. The van der Waals surface area contributed by atoms with E-state index in [2.05, 4.69) is 0 Å². The molecule has 1 nitrogen and oxygen atoms in total. The van der Waals surface area contributed by atoms with Gasteiger partial charge in [0.05, 0.1) is 10.9 Å². The van der Waals surface area contributed by atoms with Gasteiger partial charge in [0.1, 0.15) is 5.82 Å². The molecule has 1 unspecified atom stereocenters. The lowest BCUT2D eigenvalue weighted by Gasteiger charge is -2.04. The minimum absolute atomic E-state index is 0.321. The van der Waals surface area contributed by atoms with E-state index in [1.54, 1.807) is 0 Å². The van der Waals surface area contributed by atoms with Crippen LogP contribution in [0.1, 0.15) is 31.1 Å². The number of carbonyl (C=O) groups is 1. The smallest absolute Gasteiger partial charge is 0.183 e. The monoisotopic (exact) mass is 252 g/mol. The Morgan fingerprint density at radius 2 is 1.56 bits per heavy atom. The summed E-state index contributed by atoms with van der Waals surface area (Å²) >= 11 is 5.39. The Morgan fingerprint density at radius 1 is 1.12 bits per heavy atom. The van der Waals surface area contributed by atoms with Gasteiger partial charge in [-0.05, 0) is 13.0 Å². The average Bonchev–Trinajstić information content (AvgIpc) is 2.25. The fourth-order valence-corrected chi connectivity index (χ4v) is 1.04. The van der Waals surface area contributed by atoms with Gasteiger partial charge in [0, 0.05) is 6.07 Å². The Hall–Kier alpha value is -1.03. The lowest BCUT2D eigenvalue weighted by atomic mass is 10.1. The fraction of sp³-hybridized carbons (Fsp3) is 0.364. The first kappa shape index (κ1) is 15.0. The first-order valence-corrected chi connectivity index (χ1v) is 5.20. The van der Waals surface area contributed by atoms with Gasteiger partial charge >= 0.3 is 0 Å². The van der Waals surface area contributed by atoms with Crippen LogP contribution in [0.25, 0.3) is 0 Å². The summed E-state index contributed by atoms with van der Waals surface area (Å²) in [6.45, 7) is 5.32. The van der Waals surface area contributed by atoms with Crippen molar-refractivity contribution in [2.75, 3.05) is 0 Å². The summed E-state index contributed by atoms with van der Waals surface area (Å²) in [6, 6.07) is 0.827. The predicted octanol–water partition coefficient (Wildman–Crippen LogP) is 3.94. The van der Waals surface area contributed by atoms with Crippen LogP contribution in [0.5, 0.6) is 0 Å². The highest BCUT2D eigenvalue weighted by molar-refractivity contribution is 6.33. The molecule has 1 aromatic carbocycles. The van der Waals surface area contributed by atoms with Gasteiger partial charge in [0.2, 0.25) is 0 Å². The quantitative estimate of drug-likeness (QED) is 0.443. The lowest BCUT2D eigenvalue weighted by molar-refractivity contribution is 0.0987. The number of ketones is 1. The first-order valence-electron chi connectivity index (χ1n) is 4.76. The van der Waals surface area contributed by atoms with Gasteiger partial charge in [0.15, 0.2) is 17.4 Å². The van der Waals surface area contributed by atoms with Crippen molar-refractivity contribution in [1.29, 1.82) is 0 Å². The van der Waals surface area contributed by atoms with Crippen LogP contribution in [-0.2, 0) is 0 Å². The van der Waals surface area contributed by atoms with Crippen LogP contribution in [0, 0.1) is 17.5 Å². The molecule has 5 heteroatoms. The van der Waals surface area contributed by atoms with E-state index in [1.165, 1.54) is 6.92 Å². The van der Waals surface area contributed by atoms with Gasteiger partial charge in [-0.3, -0.25) is 4.79 Å². The second kappa shape index (κ2) is 6.53. The van der Waals surface area contributed by atoms with E-state index in [0.29, 0.717) is 12.1 Å². The lowest BCUT2D eigenvalue weighted by Crippen LogP contribution is -2.13. The number of halogens is 4. The molecule has 0 heterocycles.